The lowest BCUT2D eigenvalue weighted by atomic mass is 9.78. The van der Waals surface area contributed by atoms with Gasteiger partial charge in [-0.1, -0.05) is 84.7 Å². The van der Waals surface area contributed by atoms with Gasteiger partial charge < -0.3 is 53.6 Å². The number of nitrogens with zero attached hydrogens (tertiary/aromatic N) is 4. The molecule has 10 rings (SSSR count). The van der Waals surface area contributed by atoms with Crippen LogP contribution in [0.25, 0.3) is 0 Å². The smallest absolute Gasteiger partial charge is 0.288 e. The van der Waals surface area contributed by atoms with E-state index in [2.05, 4.69) is 29.4 Å². The summed E-state index contributed by atoms with van der Waals surface area (Å²) in [4.78, 5) is 53.4. The van der Waals surface area contributed by atoms with Gasteiger partial charge in [-0.25, -0.2) is 0 Å². The van der Waals surface area contributed by atoms with E-state index in [9.17, 15) is 40.3 Å². The minimum atomic E-state index is -4.79. The highest BCUT2D eigenvalue weighted by Crippen LogP contribution is 2.46. The number of anilines is 4. The average Bonchev–Trinajstić information content (AvgIpc) is 1.60. The monoisotopic (exact) mass is 1370 g/mol. The number of rotatable bonds is 32. The van der Waals surface area contributed by atoms with Gasteiger partial charge in [0.15, 0.2) is 33.6 Å². The van der Waals surface area contributed by atoms with Gasteiger partial charge in [0.05, 0.1) is 81.8 Å². The zero-order valence-electron chi connectivity index (χ0n) is 54.5. The summed E-state index contributed by atoms with van der Waals surface area (Å²) in [7, 11) is -2.07. The molecule has 0 spiro atoms. The van der Waals surface area contributed by atoms with Crippen molar-refractivity contribution in [2.75, 3.05) is 93.2 Å². The molecule has 5 aromatic rings. The molecule has 508 valence electrons. The Balaban J connectivity index is 0.953. The van der Waals surface area contributed by atoms with E-state index in [4.69, 9.17) is 38.2 Å². The molecule has 94 heavy (non-hydrogen) atoms. The predicted molar refractivity (Wildman–Crippen MR) is 368 cm³/mol. The molecular weight excluding hydrogens is 1290 g/mol. The summed E-state index contributed by atoms with van der Waals surface area (Å²) in [6.45, 7) is 12.5. The van der Waals surface area contributed by atoms with Gasteiger partial charge in [0.1, 0.15) is 13.2 Å². The second kappa shape index (κ2) is 30.2. The van der Waals surface area contributed by atoms with Gasteiger partial charge in [0.25, 0.3) is 32.1 Å². The first-order valence-corrected chi connectivity index (χ1v) is 37.2. The third kappa shape index (κ3) is 15.8. The molecule has 22 nitrogen and oxygen atoms in total. The summed E-state index contributed by atoms with van der Waals surface area (Å²) in [5, 5.41) is 2.86. The molecule has 5 aliphatic rings. The zero-order valence-corrected chi connectivity index (χ0v) is 57.8. The molecule has 0 aromatic heterocycles. The lowest BCUT2D eigenvalue weighted by Gasteiger charge is -2.39. The third-order valence-electron chi connectivity index (χ3n) is 18.5. The normalized spacial score (nSPS) is 18.1. The number of carbonyl (C=O) groups excluding carboxylic acids is 3. The summed E-state index contributed by atoms with van der Waals surface area (Å²) in [6.07, 6.45) is 5.99. The number of carbonyl (C=O) groups is 3. The Morgan fingerprint density at radius 3 is 1.96 bits per heavy atom. The van der Waals surface area contributed by atoms with Crippen molar-refractivity contribution in [3.8, 4) is 23.0 Å². The fourth-order valence-corrected chi connectivity index (χ4v) is 18.1. The Morgan fingerprint density at radius 1 is 0.755 bits per heavy atom. The molecule has 0 radical (unpaired) electrons. The van der Waals surface area contributed by atoms with E-state index in [1.807, 2.05) is 75.4 Å². The van der Waals surface area contributed by atoms with Gasteiger partial charge >= 0.3 is 0 Å². The summed E-state index contributed by atoms with van der Waals surface area (Å²) in [6, 6.07) is 26.0. The van der Waals surface area contributed by atoms with E-state index in [1.54, 1.807) is 36.3 Å². The van der Waals surface area contributed by atoms with Crippen LogP contribution in [-0.2, 0) is 65.3 Å². The molecule has 1 aliphatic carbocycles. The maximum atomic E-state index is 14.6. The Hall–Kier alpha value is -6.62. The van der Waals surface area contributed by atoms with Gasteiger partial charge in [-0.15, -0.1) is 0 Å². The highest BCUT2D eigenvalue weighted by molar-refractivity contribution is 8.77. The van der Waals surface area contributed by atoms with Crippen molar-refractivity contribution in [1.29, 1.82) is 0 Å². The van der Waals surface area contributed by atoms with Crippen molar-refractivity contribution >= 4 is 93.7 Å². The molecule has 0 bridgehead atoms. The number of nitrogens with one attached hydrogen (secondary N) is 2. The maximum absolute atomic E-state index is 14.6. The molecule has 1 fully saturated rings. The Bertz CT molecular complexity index is 3840. The van der Waals surface area contributed by atoms with Gasteiger partial charge in [-0.2, -0.15) is 16.8 Å². The number of ether oxygens (including phenoxy) is 7. The van der Waals surface area contributed by atoms with Crippen LogP contribution in [0, 0.1) is 5.92 Å². The summed E-state index contributed by atoms with van der Waals surface area (Å²) >= 11 is 0. The second-order valence-electron chi connectivity index (χ2n) is 25.0. The molecule has 1 saturated carbocycles. The maximum Gasteiger partial charge on any atom is 0.288 e. The number of amides is 3. The highest BCUT2D eigenvalue weighted by atomic mass is 33.1. The molecular formula is C68H86N6O16S4. The number of hydrogen-bond acceptors (Lipinski definition) is 19. The number of methoxy groups -OCH3 is 3. The summed E-state index contributed by atoms with van der Waals surface area (Å²) in [5.41, 5.74) is 6.49. The molecule has 4 aliphatic heterocycles. The van der Waals surface area contributed by atoms with Crippen LogP contribution in [0.5, 0.6) is 23.0 Å². The van der Waals surface area contributed by atoms with Crippen LogP contribution in [0.4, 0.5) is 28.4 Å². The molecule has 4 heterocycles. The van der Waals surface area contributed by atoms with Gasteiger partial charge in [0.2, 0.25) is 5.91 Å². The molecule has 4 N–H and O–H groups in total. The van der Waals surface area contributed by atoms with Crippen LogP contribution >= 0.6 is 21.6 Å². The van der Waals surface area contributed by atoms with Gasteiger partial charge in [-0.3, -0.25) is 33.4 Å². The number of benzene rings is 5. The van der Waals surface area contributed by atoms with Crippen molar-refractivity contribution in [1.82, 2.24) is 5.32 Å². The molecule has 3 amide bonds. The van der Waals surface area contributed by atoms with Crippen molar-refractivity contribution in [3.63, 3.8) is 0 Å². The summed E-state index contributed by atoms with van der Waals surface area (Å²) < 4.78 is 115. The van der Waals surface area contributed by atoms with Crippen LogP contribution in [0.1, 0.15) is 123 Å². The molecule has 4 atom stereocenters. The minimum absolute atomic E-state index is 0.0152. The Kier molecular flexibility index (Phi) is 22.6. The number of aliphatic imine (C=N–C) groups is 1. The quantitative estimate of drug-likeness (QED) is 0.0177. The van der Waals surface area contributed by atoms with Crippen LogP contribution in [-0.4, -0.2) is 156 Å². The van der Waals surface area contributed by atoms with Crippen LogP contribution < -0.4 is 44.3 Å². The van der Waals surface area contributed by atoms with E-state index in [1.165, 1.54) is 52.8 Å². The van der Waals surface area contributed by atoms with E-state index >= 15 is 0 Å². The standard InChI is InChI=1S/C68H86N6O16S4/c1-9-68(10-2,48-19-13-14-20-48)71-63(75)62(93(78,79)80)23-30-91-92-67(4,5)42-72(24-25-87-28-29-88-27-26-84-6)49-32-44(40-89-60-38-52-50(36-58(60)85-7)65(76)73-54-21-15-11-17-46(54)34-56(73)43(3)69-52)31-45(33-49)41-90-61-39-53-51(37-59(61)86-8)66(77)74-55-22-16-12-18-47(55)35-57(74)64(70-53)94(81,82)83/h11-12,15-18,21-22,31-33,36-39,48,56-57,62,64,70H,9-10,13-14,19-20,23-30,34-35,40-42H2,1-8H3,(H,71,75)(H,78,79,80)(H,81,82,83). The van der Waals surface area contributed by atoms with E-state index in [-0.39, 0.29) is 79.0 Å². The fourth-order valence-electron chi connectivity index (χ4n) is 13.7. The molecule has 0 saturated heterocycles. The summed E-state index contributed by atoms with van der Waals surface area (Å²) in [5.74, 6) is 0.0812. The van der Waals surface area contributed by atoms with Gasteiger partial charge in [-0.05, 0) is 130 Å². The molecule has 5 aromatic carbocycles. The van der Waals surface area contributed by atoms with Crippen molar-refractivity contribution in [2.24, 2.45) is 10.9 Å². The minimum Gasteiger partial charge on any atom is -0.493 e. The Labute approximate surface area is 559 Å². The van der Waals surface area contributed by atoms with Crippen LogP contribution in [0.15, 0.2) is 96.0 Å². The lowest BCUT2D eigenvalue weighted by Crippen LogP contribution is -2.56. The fraction of sp³-hybridized carbons (Fsp3) is 0.500. The van der Waals surface area contributed by atoms with Crippen molar-refractivity contribution < 1.29 is 73.5 Å². The molecule has 4 unspecified atom stereocenters. The molecule has 26 heteroatoms. The third-order valence-corrected chi connectivity index (χ3v) is 24.0. The van der Waals surface area contributed by atoms with Crippen LogP contribution in [0.2, 0.25) is 0 Å². The highest BCUT2D eigenvalue weighted by Gasteiger charge is 2.48. The zero-order chi connectivity index (χ0) is 67.1. The first-order chi connectivity index (χ1) is 45.0. The SMILES string of the molecule is CCC(CC)(NC(=O)C(CCSSC(C)(C)CN(CCOCCOCCOC)c1cc(COc2cc3c(cc2OC)C(=O)N2c4ccccc4CC2C(C)=N3)cc(COc2cc3c(cc2OC)C(=O)N2c4ccccc4CC2C(S(=O)(=O)O)N3)c1)S(=O)(=O)O)C1CCCC1. The first kappa shape index (κ1) is 70.2. The Morgan fingerprint density at radius 2 is 1.34 bits per heavy atom. The first-order valence-electron chi connectivity index (χ1n) is 31.9. The van der Waals surface area contributed by atoms with E-state index in [0.29, 0.717) is 98.3 Å². The van der Waals surface area contributed by atoms with E-state index < -0.39 is 59.0 Å². The largest absolute Gasteiger partial charge is 0.493 e. The number of para-hydroxylation sites is 2. The second-order valence-corrected chi connectivity index (χ2v) is 31.3. The van der Waals surface area contributed by atoms with Gasteiger partial charge in [0, 0.05) is 77.6 Å². The lowest BCUT2D eigenvalue weighted by molar-refractivity contribution is -0.123. The topological polar surface area (TPSA) is 271 Å². The van der Waals surface area contributed by atoms with Crippen molar-refractivity contribution in [3.05, 3.63) is 124 Å². The van der Waals surface area contributed by atoms with E-state index in [0.717, 1.165) is 53.9 Å². The predicted octanol–water partition coefficient (Wildman–Crippen LogP) is 10.9. The number of hydrogen-bond donors (Lipinski definition) is 4. The van der Waals surface area contributed by atoms with Crippen LogP contribution in [0.3, 0.4) is 0 Å². The van der Waals surface area contributed by atoms with Crippen molar-refractivity contribution in [2.45, 2.75) is 139 Å². The average molecular weight is 1370 g/mol. The number of fused-ring (bicyclic) bond motifs is 8.